The number of anilines is 1. The van der Waals surface area contributed by atoms with E-state index in [4.69, 9.17) is 18.3 Å². The maximum atomic E-state index is 13.8. The molecule has 1 aliphatic heterocycles. The fraction of sp³-hybridized carbons (Fsp3) is 0.259. The Kier molecular flexibility index (Phi) is 6.99. The lowest BCUT2D eigenvalue weighted by molar-refractivity contribution is -0.118. The molecule has 186 valence electrons. The minimum absolute atomic E-state index is 0.0101. The number of benzene rings is 2. The number of amides is 2. The summed E-state index contributed by atoms with van der Waals surface area (Å²) < 4.78 is 35.8. The molecule has 0 aliphatic carbocycles. The average Bonchev–Trinajstić information content (AvgIpc) is 3.65. The highest BCUT2D eigenvalue weighted by atomic mass is 19.1. The normalized spacial score (nSPS) is 15.2. The van der Waals surface area contributed by atoms with Crippen LogP contribution in [0.15, 0.2) is 75.8 Å². The van der Waals surface area contributed by atoms with Crippen LogP contribution in [0.4, 0.5) is 10.1 Å². The third-order valence-electron chi connectivity index (χ3n) is 5.90. The molecule has 1 saturated heterocycles. The molecule has 0 bridgehead atoms. The maximum Gasteiger partial charge on any atom is 0.292 e. The summed E-state index contributed by atoms with van der Waals surface area (Å²) >= 11 is 0. The van der Waals surface area contributed by atoms with E-state index in [1.165, 1.54) is 24.3 Å². The summed E-state index contributed by atoms with van der Waals surface area (Å²) in [6.45, 7) is 0.916. The molecule has 9 heteroatoms. The largest absolute Gasteiger partial charge is 0.484 e. The van der Waals surface area contributed by atoms with Crippen LogP contribution in [0.1, 0.15) is 29.2 Å². The summed E-state index contributed by atoms with van der Waals surface area (Å²) in [4.78, 5) is 28.1. The Morgan fingerprint density at radius 2 is 1.92 bits per heavy atom. The first kappa shape index (κ1) is 23.6. The van der Waals surface area contributed by atoms with Gasteiger partial charge in [-0.05, 0) is 61.4 Å². The quantitative estimate of drug-likeness (QED) is 0.353. The molecular weight excluding hydrogens is 467 g/mol. The molecule has 2 amide bonds. The van der Waals surface area contributed by atoms with Crippen LogP contribution in [0.5, 0.6) is 5.75 Å². The van der Waals surface area contributed by atoms with Crippen LogP contribution < -0.4 is 10.1 Å². The van der Waals surface area contributed by atoms with E-state index in [1.54, 1.807) is 47.6 Å². The number of fused-ring (bicyclic) bond motifs is 1. The van der Waals surface area contributed by atoms with Crippen LogP contribution in [-0.2, 0) is 16.1 Å². The predicted octanol–water partition coefficient (Wildman–Crippen LogP) is 5.00. The van der Waals surface area contributed by atoms with E-state index in [1.807, 2.05) is 0 Å². The van der Waals surface area contributed by atoms with Gasteiger partial charge in [-0.25, -0.2) is 4.39 Å². The summed E-state index contributed by atoms with van der Waals surface area (Å²) in [6, 6.07) is 16.0. The number of carbonyl (C=O) groups is 2. The van der Waals surface area contributed by atoms with Gasteiger partial charge in [0.1, 0.15) is 28.6 Å². The van der Waals surface area contributed by atoms with Crippen molar-refractivity contribution in [3.63, 3.8) is 0 Å². The number of hydrogen-bond acceptors (Lipinski definition) is 6. The second kappa shape index (κ2) is 10.7. The lowest BCUT2D eigenvalue weighted by atomic mass is 10.2. The molecule has 1 atom stereocenters. The van der Waals surface area contributed by atoms with Gasteiger partial charge in [-0.3, -0.25) is 9.59 Å². The molecule has 1 N–H and O–H groups in total. The van der Waals surface area contributed by atoms with Gasteiger partial charge in [0, 0.05) is 18.5 Å². The van der Waals surface area contributed by atoms with Crippen LogP contribution >= 0.6 is 0 Å². The van der Waals surface area contributed by atoms with Gasteiger partial charge in [0.05, 0.1) is 18.9 Å². The molecule has 4 aromatic rings. The van der Waals surface area contributed by atoms with Gasteiger partial charge in [-0.2, -0.15) is 0 Å². The first-order valence-corrected chi connectivity index (χ1v) is 11.7. The number of rotatable bonds is 9. The van der Waals surface area contributed by atoms with Gasteiger partial charge in [-0.1, -0.05) is 12.1 Å². The SMILES string of the molecule is O=C(COc1ccc(F)cc1)Nc1c(C(=O)N(Cc2ccco2)C[C@@H]2CCCO2)oc2ccccc12. The van der Waals surface area contributed by atoms with Crippen molar-refractivity contribution in [1.29, 1.82) is 0 Å². The second-order valence-electron chi connectivity index (χ2n) is 8.49. The van der Waals surface area contributed by atoms with E-state index in [-0.39, 0.29) is 30.7 Å². The molecule has 0 spiro atoms. The lowest BCUT2D eigenvalue weighted by Gasteiger charge is -2.24. The molecule has 0 saturated carbocycles. The van der Waals surface area contributed by atoms with Crippen LogP contribution in [0.25, 0.3) is 11.0 Å². The highest BCUT2D eigenvalue weighted by Crippen LogP contribution is 2.32. The standard InChI is InChI=1S/C27H25FN2O6/c28-18-9-11-19(12-10-18)35-17-24(31)29-25-22-7-1-2-8-23(22)36-26(25)27(32)30(15-20-5-3-13-33-20)16-21-6-4-14-34-21/h1-3,5,7-13,21H,4,6,14-17H2,(H,29,31)/t21-/m0/s1. The fourth-order valence-corrected chi connectivity index (χ4v) is 4.16. The van der Waals surface area contributed by atoms with Crippen molar-refractivity contribution in [2.45, 2.75) is 25.5 Å². The summed E-state index contributed by atoms with van der Waals surface area (Å²) in [5.74, 6) is -0.306. The first-order valence-electron chi connectivity index (χ1n) is 11.7. The molecule has 1 aliphatic rings. The molecule has 1 fully saturated rings. The second-order valence-corrected chi connectivity index (χ2v) is 8.49. The summed E-state index contributed by atoms with van der Waals surface area (Å²) in [5.41, 5.74) is 0.728. The fourth-order valence-electron chi connectivity index (χ4n) is 4.16. The molecule has 5 rings (SSSR count). The number of halogens is 1. The summed E-state index contributed by atoms with van der Waals surface area (Å²) in [7, 11) is 0. The van der Waals surface area contributed by atoms with E-state index >= 15 is 0 Å². The average molecular weight is 493 g/mol. The molecule has 0 radical (unpaired) electrons. The topological polar surface area (TPSA) is 94.2 Å². The zero-order chi connectivity index (χ0) is 24.9. The molecule has 2 aromatic carbocycles. The van der Waals surface area contributed by atoms with Gasteiger partial charge in [0.25, 0.3) is 11.8 Å². The highest BCUT2D eigenvalue weighted by Gasteiger charge is 2.30. The van der Waals surface area contributed by atoms with Gasteiger partial charge in [0.2, 0.25) is 5.76 Å². The predicted molar refractivity (Wildman–Crippen MR) is 129 cm³/mol. The zero-order valence-corrected chi connectivity index (χ0v) is 19.4. The molecule has 8 nitrogen and oxygen atoms in total. The zero-order valence-electron chi connectivity index (χ0n) is 19.4. The van der Waals surface area contributed by atoms with E-state index in [0.717, 1.165) is 12.8 Å². The van der Waals surface area contributed by atoms with Crippen molar-refractivity contribution in [3.05, 3.63) is 84.3 Å². The maximum absolute atomic E-state index is 13.8. The van der Waals surface area contributed by atoms with Crippen molar-refractivity contribution < 1.29 is 32.3 Å². The van der Waals surface area contributed by atoms with Crippen LogP contribution in [0.3, 0.4) is 0 Å². The number of furan rings is 2. The molecule has 0 unspecified atom stereocenters. The van der Waals surface area contributed by atoms with Crippen LogP contribution in [0.2, 0.25) is 0 Å². The minimum Gasteiger partial charge on any atom is -0.484 e. The van der Waals surface area contributed by atoms with E-state index in [2.05, 4.69) is 5.32 Å². The van der Waals surface area contributed by atoms with Crippen molar-refractivity contribution >= 4 is 28.5 Å². The smallest absolute Gasteiger partial charge is 0.292 e. The summed E-state index contributed by atoms with van der Waals surface area (Å²) in [5, 5.41) is 3.36. The van der Waals surface area contributed by atoms with E-state index in [9.17, 15) is 14.0 Å². The van der Waals surface area contributed by atoms with Crippen LogP contribution in [0, 0.1) is 5.82 Å². The van der Waals surface area contributed by atoms with Gasteiger partial charge < -0.3 is 28.5 Å². The van der Waals surface area contributed by atoms with Gasteiger partial charge in [-0.15, -0.1) is 0 Å². The third-order valence-corrected chi connectivity index (χ3v) is 5.90. The minimum atomic E-state index is -0.489. The number of carbonyl (C=O) groups excluding carboxylic acids is 2. The van der Waals surface area contributed by atoms with Crippen molar-refractivity contribution in [2.75, 3.05) is 25.1 Å². The third kappa shape index (κ3) is 5.41. The van der Waals surface area contributed by atoms with Gasteiger partial charge >= 0.3 is 0 Å². The summed E-state index contributed by atoms with van der Waals surface area (Å²) in [6.07, 6.45) is 3.26. The van der Waals surface area contributed by atoms with Crippen LogP contribution in [-0.4, -0.2) is 42.6 Å². The Morgan fingerprint density at radius 3 is 2.67 bits per heavy atom. The monoisotopic (exact) mass is 492 g/mol. The Labute approximate surface area is 206 Å². The Bertz CT molecular complexity index is 1330. The number of nitrogens with one attached hydrogen (secondary N) is 1. The Morgan fingerprint density at radius 1 is 1.08 bits per heavy atom. The number of para-hydroxylation sites is 1. The Balaban J connectivity index is 1.39. The highest BCUT2D eigenvalue weighted by molar-refractivity contribution is 6.11. The molecule has 2 aromatic heterocycles. The van der Waals surface area contributed by atoms with E-state index in [0.29, 0.717) is 35.6 Å². The van der Waals surface area contributed by atoms with E-state index < -0.39 is 17.6 Å². The molecule has 36 heavy (non-hydrogen) atoms. The molecular formula is C27H25FN2O6. The number of hydrogen-bond donors (Lipinski definition) is 1. The van der Waals surface area contributed by atoms with Gasteiger partial charge in [0.15, 0.2) is 6.61 Å². The first-order chi connectivity index (χ1) is 17.6. The van der Waals surface area contributed by atoms with Crippen molar-refractivity contribution in [1.82, 2.24) is 4.90 Å². The molecule has 3 heterocycles. The number of ether oxygens (including phenoxy) is 2. The number of nitrogens with zero attached hydrogens (tertiary/aromatic N) is 1. The Hall–Kier alpha value is -4.11. The van der Waals surface area contributed by atoms with Crippen molar-refractivity contribution in [2.24, 2.45) is 0 Å². The van der Waals surface area contributed by atoms with Crippen molar-refractivity contribution in [3.8, 4) is 5.75 Å². The lowest BCUT2D eigenvalue weighted by Crippen LogP contribution is -2.37.